The van der Waals surface area contributed by atoms with Crippen molar-refractivity contribution in [2.24, 2.45) is 10.6 Å². The van der Waals surface area contributed by atoms with Crippen LogP contribution < -0.4 is 0 Å². The lowest BCUT2D eigenvalue weighted by Crippen LogP contribution is -2.48. The zero-order chi connectivity index (χ0) is 16.4. The summed E-state index contributed by atoms with van der Waals surface area (Å²) in [4.78, 5) is 19.1. The predicted octanol–water partition coefficient (Wildman–Crippen LogP) is 3.15. The van der Waals surface area contributed by atoms with Crippen molar-refractivity contribution in [3.8, 4) is 0 Å². The summed E-state index contributed by atoms with van der Waals surface area (Å²) in [7, 11) is 0. The number of oxime groups is 1. The van der Waals surface area contributed by atoms with Gasteiger partial charge in [-0.15, -0.1) is 0 Å². The third-order valence-electron chi connectivity index (χ3n) is 3.89. The second-order valence-electron chi connectivity index (χ2n) is 7.11. The molecule has 7 heteroatoms. The number of piperidine rings is 1. The fraction of sp³-hybridized carbons (Fsp3) is 0.867. The van der Waals surface area contributed by atoms with Gasteiger partial charge in [0, 0.05) is 18.4 Å². The first-order valence-corrected chi connectivity index (χ1v) is 8.77. The van der Waals surface area contributed by atoms with Crippen molar-refractivity contribution >= 4 is 27.9 Å². The summed E-state index contributed by atoms with van der Waals surface area (Å²) in [5.74, 6) is 0.645. The number of rotatable bonds is 2. The van der Waals surface area contributed by atoms with E-state index in [4.69, 9.17) is 14.3 Å². The van der Waals surface area contributed by atoms with Gasteiger partial charge >= 0.3 is 6.09 Å². The van der Waals surface area contributed by atoms with Crippen LogP contribution in [-0.2, 0) is 14.3 Å². The lowest BCUT2D eigenvalue weighted by Gasteiger charge is -2.40. The molecule has 0 aromatic rings. The first kappa shape index (κ1) is 17.4. The fourth-order valence-electron chi connectivity index (χ4n) is 2.44. The average molecular weight is 377 g/mol. The van der Waals surface area contributed by atoms with Crippen molar-refractivity contribution in [3.63, 3.8) is 0 Å². The van der Waals surface area contributed by atoms with Crippen LogP contribution in [0.1, 0.15) is 40.5 Å². The average Bonchev–Trinajstić information content (AvgIpc) is 2.46. The van der Waals surface area contributed by atoms with Gasteiger partial charge in [-0.2, -0.15) is 0 Å². The topological polar surface area (TPSA) is 60.4 Å². The van der Waals surface area contributed by atoms with Crippen molar-refractivity contribution in [1.82, 2.24) is 4.90 Å². The van der Waals surface area contributed by atoms with Gasteiger partial charge in [-0.3, -0.25) is 0 Å². The van der Waals surface area contributed by atoms with Crippen LogP contribution in [0.2, 0.25) is 0 Å². The molecule has 0 aromatic carbocycles. The first-order valence-electron chi connectivity index (χ1n) is 7.64. The van der Waals surface area contributed by atoms with Gasteiger partial charge in [0.05, 0.1) is 5.41 Å². The van der Waals surface area contributed by atoms with Crippen LogP contribution in [0.25, 0.3) is 0 Å². The molecule has 126 valence electrons. The Bertz CT molecular complexity index is 439. The number of halogens is 1. The third kappa shape index (κ3) is 4.27. The minimum absolute atomic E-state index is 0.00629. The van der Waals surface area contributed by atoms with E-state index in [9.17, 15) is 4.79 Å². The van der Waals surface area contributed by atoms with Gasteiger partial charge in [-0.05, 0) is 33.6 Å². The molecule has 6 nitrogen and oxygen atoms in total. The van der Waals surface area contributed by atoms with Gasteiger partial charge in [-0.1, -0.05) is 28.0 Å². The highest BCUT2D eigenvalue weighted by Crippen LogP contribution is 2.35. The van der Waals surface area contributed by atoms with E-state index in [1.165, 1.54) is 0 Å². The zero-order valence-electron chi connectivity index (χ0n) is 13.7. The Labute approximate surface area is 140 Å². The van der Waals surface area contributed by atoms with Gasteiger partial charge in [0.25, 0.3) is 0 Å². The van der Waals surface area contributed by atoms with Crippen LogP contribution >= 0.6 is 15.9 Å². The molecule has 2 rings (SSSR count). The summed E-state index contributed by atoms with van der Waals surface area (Å²) in [5.41, 5.74) is -0.662. The molecule has 0 spiro atoms. The summed E-state index contributed by atoms with van der Waals surface area (Å²) < 4.78 is 11.3. The van der Waals surface area contributed by atoms with Gasteiger partial charge in [0.15, 0.2) is 6.61 Å². The Morgan fingerprint density at radius 2 is 2.09 bits per heavy atom. The summed E-state index contributed by atoms with van der Waals surface area (Å²) in [6.45, 7) is 9.47. The maximum Gasteiger partial charge on any atom is 0.410 e. The largest absolute Gasteiger partial charge is 0.470 e. The molecular formula is C15H25BrN2O4. The minimum Gasteiger partial charge on any atom is -0.470 e. The van der Waals surface area contributed by atoms with E-state index in [1.54, 1.807) is 4.90 Å². The molecule has 22 heavy (non-hydrogen) atoms. The number of likely N-dealkylation sites (tertiary alicyclic amines) is 1. The number of amides is 1. The van der Waals surface area contributed by atoms with Crippen molar-refractivity contribution in [3.05, 3.63) is 0 Å². The molecule has 0 N–H and O–H groups in total. The molecular weight excluding hydrogens is 352 g/mol. The lowest BCUT2D eigenvalue weighted by molar-refractivity contribution is -0.00563. The van der Waals surface area contributed by atoms with E-state index in [0.29, 0.717) is 30.9 Å². The van der Waals surface area contributed by atoms with Crippen molar-refractivity contribution in [2.45, 2.75) is 52.2 Å². The molecule has 1 atom stereocenters. The quantitative estimate of drug-likeness (QED) is 0.694. The minimum atomic E-state index is -0.467. The molecule has 1 fully saturated rings. The molecule has 1 saturated heterocycles. The highest BCUT2D eigenvalue weighted by atomic mass is 79.9. The molecule has 0 saturated carbocycles. The summed E-state index contributed by atoms with van der Waals surface area (Å²) in [5, 5.41) is 4.81. The zero-order valence-corrected chi connectivity index (χ0v) is 15.3. The van der Waals surface area contributed by atoms with Crippen LogP contribution in [-0.4, -0.2) is 53.6 Å². The molecule has 0 bridgehead atoms. The fourth-order valence-corrected chi connectivity index (χ4v) is 2.76. The Morgan fingerprint density at radius 1 is 1.45 bits per heavy atom. The monoisotopic (exact) mass is 376 g/mol. The third-order valence-corrected chi connectivity index (χ3v) is 4.62. The molecule has 2 aliphatic heterocycles. The Balaban J connectivity index is 1.93. The van der Waals surface area contributed by atoms with Gasteiger partial charge in [-0.25, -0.2) is 4.79 Å². The van der Waals surface area contributed by atoms with Crippen molar-refractivity contribution in [2.75, 3.05) is 25.0 Å². The van der Waals surface area contributed by atoms with Gasteiger partial charge in [0.1, 0.15) is 11.7 Å². The molecule has 1 amide bonds. The van der Waals surface area contributed by atoms with E-state index in [2.05, 4.69) is 28.0 Å². The maximum absolute atomic E-state index is 12.1. The standard InChI is InChI=1S/C15H25BrN2O4/c1-14(2,3)22-13(19)18-7-5-15(4,6-8-18)12-17-20-10-11(9-16)21-12/h11H,5-10H2,1-4H3/t11-/m0/s1. The Morgan fingerprint density at radius 3 is 2.64 bits per heavy atom. The van der Waals surface area contributed by atoms with E-state index in [0.717, 1.165) is 12.8 Å². The Hall–Kier alpha value is -0.980. The maximum atomic E-state index is 12.1. The van der Waals surface area contributed by atoms with Crippen LogP contribution in [0.3, 0.4) is 0 Å². The van der Waals surface area contributed by atoms with E-state index in [1.807, 2.05) is 20.8 Å². The normalized spacial score (nSPS) is 24.9. The number of hydrogen-bond acceptors (Lipinski definition) is 5. The van der Waals surface area contributed by atoms with Crippen molar-refractivity contribution in [1.29, 1.82) is 0 Å². The van der Waals surface area contributed by atoms with Gasteiger partial charge in [0.2, 0.25) is 5.90 Å². The molecule has 0 radical (unpaired) electrons. The van der Waals surface area contributed by atoms with Crippen molar-refractivity contribution < 1.29 is 19.1 Å². The highest BCUT2D eigenvalue weighted by Gasteiger charge is 2.41. The second-order valence-corrected chi connectivity index (χ2v) is 7.76. The lowest BCUT2D eigenvalue weighted by atomic mass is 9.80. The molecule has 0 aromatic heterocycles. The van der Waals surface area contributed by atoms with E-state index < -0.39 is 5.60 Å². The number of hydrogen-bond donors (Lipinski definition) is 0. The number of carbonyl (C=O) groups is 1. The van der Waals surface area contributed by atoms with Gasteiger partial charge < -0.3 is 19.2 Å². The predicted molar refractivity (Wildman–Crippen MR) is 87.2 cm³/mol. The smallest absolute Gasteiger partial charge is 0.410 e. The Kier molecular flexibility index (Phi) is 5.25. The number of carbonyl (C=O) groups excluding carboxylic acids is 1. The molecule has 2 aliphatic rings. The summed E-state index contributed by atoms with van der Waals surface area (Å²) in [6.07, 6.45) is 1.30. The number of ether oxygens (including phenoxy) is 2. The van der Waals surface area contributed by atoms with E-state index >= 15 is 0 Å². The number of alkyl halides is 1. The molecule has 2 heterocycles. The van der Waals surface area contributed by atoms with Crippen LogP contribution in [0, 0.1) is 5.41 Å². The first-order chi connectivity index (χ1) is 10.2. The molecule has 0 unspecified atom stereocenters. The van der Waals surface area contributed by atoms with Crippen LogP contribution in [0.5, 0.6) is 0 Å². The summed E-state index contributed by atoms with van der Waals surface area (Å²) in [6, 6.07) is 0. The molecule has 0 aliphatic carbocycles. The highest BCUT2D eigenvalue weighted by molar-refractivity contribution is 9.09. The summed E-state index contributed by atoms with van der Waals surface area (Å²) >= 11 is 3.41. The second kappa shape index (κ2) is 6.64. The SMILES string of the molecule is CC(C)(C)OC(=O)N1CCC(C)(C2=NOC[C@H](CBr)O2)CC1. The van der Waals surface area contributed by atoms with E-state index in [-0.39, 0.29) is 17.6 Å². The van der Waals surface area contributed by atoms with Crippen LogP contribution in [0.15, 0.2) is 5.16 Å². The van der Waals surface area contributed by atoms with Crippen LogP contribution in [0.4, 0.5) is 4.79 Å². The number of nitrogens with zero attached hydrogens (tertiary/aromatic N) is 2.